The van der Waals surface area contributed by atoms with E-state index in [-0.39, 0.29) is 18.5 Å². The van der Waals surface area contributed by atoms with E-state index in [4.69, 9.17) is 0 Å². The highest BCUT2D eigenvalue weighted by molar-refractivity contribution is 5.85. The van der Waals surface area contributed by atoms with Gasteiger partial charge < -0.3 is 15.5 Å². The van der Waals surface area contributed by atoms with E-state index in [1.807, 2.05) is 18.2 Å². The number of aryl methyl sites for hydroxylation is 1. The van der Waals surface area contributed by atoms with E-state index < -0.39 is 0 Å². The van der Waals surface area contributed by atoms with Gasteiger partial charge in [0.05, 0.1) is 6.04 Å². The summed E-state index contributed by atoms with van der Waals surface area (Å²) < 4.78 is 0. The number of carbonyl (C=O) groups is 1. The van der Waals surface area contributed by atoms with Crippen molar-refractivity contribution in [3.63, 3.8) is 0 Å². The molecule has 0 saturated heterocycles. The monoisotopic (exact) mass is 380 g/mol. The summed E-state index contributed by atoms with van der Waals surface area (Å²) >= 11 is 0. The van der Waals surface area contributed by atoms with Crippen molar-refractivity contribution in [2.75, 3.05) is 27.2 Å². The maximum absolute atomic E-state index is 12.0. The molecule has 0 radical (unpaired) electrons. The molecular formula is C23H32N4O. The molecule has 0 spiro atoms. The molecule has 2 N–H and O–H groups in total. The standard InChI is InChI=1S/C23H32N4O/c1-17-11-13-20(14-12-17)18(2)15-24-23(25-16-22(28)27(4)5)26-19(3)21-9-7-6-8-10-21/h6-14,18-19H,15-16H2,1-5H3,(H2,24,25,26). The first kappa shape index (κ1) is 21.5. The van der Waals surface area contributed by atoms with Crippen LogP contribution in [0.2, 0.25) is 0 Å². The van der Waals surface area contributed by atoms with Crippen molar-refractivity contribution in [3.8, 4) is 0 Å². The Morgan fingerprint density at radius 1 is 1.00 bits per heavy atom. The summed E-state index contributed by atoms with van der Waals surface area (Å²) in [5.74, 6) is 0.940. The van der Waals surface area contributed by atoms with Gasteiger partial charge in [-0.2, -0.15) is 0 Å². The smallest absolute Gasteiger partial charge is 0.243 e. The van der Waals surface area contributed by atoms with Crippen LogP contribution in [-0.2, 0) is 4.79 Å². The van der Waals surface area contributed by atoms with Crippen molar-refractivity contribution in [2.24, 2.45) is 4.99 Å². The zero-order valence-electron chi connectivity index (χ0n) is 17.6. The van der Waals surface area contributed by atoms with Crippen molar-refractivity contribution >= 4 is 11.9 Å². The molecule has 0 bridgehead atoms. The van der Waals surface area contributed by atoms with Crippen molar-refractivity contribution < 1.29 is 4.79 Å². The van der Waals surface area contributed by atoms with Crippen LogP contribution in [0.15, 0.2) is 59.6 Å². The lowest BCUT2D eigenvalue weighted by atomic mass is 10.0. The summed E-state index contributed by atoms with van der Waals surface area (Å²) in [4.78, 5) is 18.0. The summed E-state index contributed by atoms with van der Waals surface area (Å²) in [5.41, 5.74) is 3.70. The van der Waals surface area contributed by atoms with Crippen molar-refractivity contribution in [2.45, 2.75) is 32.7 Å². The molecule has 0 aliphatic rings. The number of nitrogens with zero attached hydrogens (tertiary/aromatic N) is 2. The maximum Gasteiger partial charge on any atom is 0.243 e. The first-order valence-electron chi connectivity index (χ1n) is 9.73. The van der Waals surface area contributed by atoms with Gasteiger partial charge in [0.2, 0.25) is 5.91 Å². The average Bonchev–Trinajstić information content (AvgIpc) is 2.70. The number of guanidine groups is 1. The maximum atomic E-state index is 12.0. The first-order valence-corrected chi connectivity index (χ1v) is 9.73. The van der Waals surface area contributed by atoms with E-state index in [1.54, 1.807) is 19.0 Å². The third-order valence-corrected chi connectivity index (χ3v) is 4.75. The predicted molar refractivity (Wildman–Crippen MR) is 117 cm³/mol. The van der Waals surface area contributed by atoms with Crippen LogP contribution >= 0.6 is 0 Å². The fraction of sp³-hybridized carbons (Fsp3) is 0.391. The fourth-order valence-corrected chi connectivity index (χ4v) is 2.73. The van der Waals surface area contributed by atoms with Crippen molar-refractivity contribution in [1.82, 2.24) is 15.5 Å². The van der Waals surface area contributed by atoms with Crippen LogP contribution in [0.4, 0.5) is 0 Å². The van der Waals surface area contributed by atoms with E-state index in [0.29, 0.717) is 11.9 Å². The molecule has 0 aliphatic heterocycles. The second-order valence-corrected chi connectivity index (χ2v) is 7.42. The third kappa shape index (κ3) is 6.72. The van der Waals surface area contributed by atoms with Gasteiger partial charge in [0.1, 0.15) is 6.54 Å². The van der Waals surface area contributed by atoms with E-state index in [0.717, 1.165) is 6.54 Å². The quantitative estimate of drug-likeness (QED) is 0.571. The molecule has 0 heterocycles. The third-order valence-electron chi connectivity index (χ3n) is 4.75. The number of hydrogen-bond acceptors (Lipinski definition) is 2. The average molecular weight is 381 g/mol. The Kier molecular flexibility index (Phi) is 8.05. The molecule has 2 unspecified atom stereocenters. The Balaban J connectivity index is 2.05. The molecule has 1 amide bonds. The zero-order chi connectivity index (χ0) is 20.5. The summed E-state index contributed by atoms with van der Waals surface area (Å²) in [6.07, 6.45) is 0. The highest BCUT2D eigenvalue weighted by Gasteiger charge is 2.11. The van der Waals surface area contributed by atoms with E-state index >= 15 is 0 Å². The van der Waals surface area contributed by atoms with Gasteiger partial charge in [-0.3, -0.25) is 4.79 Å². The van der Waals surface area contributed by atoms with Gasteiger partial charge in [-0.25, -0.2) is 4.99 Å². The largest absolute Gasteiger partial charge is 0.356 e. The van der Waals surface area contributed by atoms with Crippen LogP contribution in [0, 0.1) is 6.92 Å². The molecule has 0 aliphatic carbocycles. The summed E-state index contributed by atoms with van der Waals surface area (Å²) in [5, 5.41) is 6.81. The van der Waals surface area contributed by atoms with E-state index in [2.05, 4.69) is 72.8 Å². The van der Waals surface area contributed by atoms with Gasteiger partial charge in [0.15, 0.2) is 5.96 Å². The van der Waals surface area contributed by atoms with Gasteiger partial charge in [-0.05, 0) is 30.9 Å². The lowest BCUT2D eigenvalue weighted by Crippen LogP contribution is -2.41. The summed E-state index contributed by atoms with van der Waals surface area (Å²) in [6.45, 7) is 7.20. The lowest BCUT2D eigenvalue weighted by Gasteiger charge is -2.21. The van der Waals surface area contributed by atoms with Crippen LogP contribution in [-0.4, -0.2) is 44.0 Å². The number of rotatable bonds is 7. The van der Waals surface area contributed by atoms with Crippen molar-refractivity contribution in [1.29, 1.82) is 0 Å². The minimum atomic E-state index is -0.0277. The molecule has 5 heteroatoms. The molecule has 2 atom stereocenters. The number of amides is 1. The van der Waals surface area contributed by atoms with Crippen molar-refractivity contribution in [3.05, 3.63) is 71.3 Å². The highest BCUT2D eigenvalue weighted by atomic mass is 16.2. The van der Waals surface area contributed by atoms with Crippen LogP contribution in [0.5, 0.6) is 0 Å². The summed E-state index contributed by atoms with van der Waals surface area (Å²) in [6, 6.07) is 18.9. The van der Waals surface area contributed by atoms with Gasteiger partial charge in [0, 0.05) is 20.6 Å². The normalized spacial score (nSPS) is 13.5. The topological polar surface area (TPSA) is 56.7 Å². The number of carbonyl (C=O) groups excluding carboxylic acids is 1. The molecule has 0 fully saturated rings. The Morgan fingerprint density at radius 3 is 2.25 bits per heavy atom. The van der Waals surface area contributed by atoms with E-state index in [9.17, 15) is 4.79 Å². The Hall–Kier alpha value is -2.82. The molecule has 2 rings (SSSR count). The minimum absolute atomic E-state index is 0.0277. The molecule has 2 aromatic rings. The Bertz CT molecular complexity index is 769. The summed E-state index contributed by atoms with van der Waals surface area (Å²) in [7, 11) is 3.48. The predicted octanol–water partition coefficient (Wildman–Crippen LogP) is 3.48. The molecule has 0 aromatic heterocycles. The van der Waals surface area contributed by atoms with Crippen LogP contribution < -0.4 is 10.6 Å². The fourth-order valence-electron chi connectivity index (χ4n) is 2.73. The second-order valence-electron chi connectivity index (χ2n) is 7.42. The number of benzene rings is 2. The zero-order valence-corrected chi connectivity index (χ0v) is 17.6. The van der Waals surface area contributed by atoms with Gasteiger partial charge in [-0.1, -0.05) is 67.1 Å². The molecule has 0 saturated carbocycles. The van der Waals surface area contributed by atoms with Gasteiger partial charge in [-0.15, -0.1) is 0 Å². The number of likely N-dealkylation sites (N-methyl/N-ethyl adjacent to an activating group) is 1. The number of hydrogen-bond donors (Lipinski definition) is 2. The molecule has 150 valence electrons. The van der Waals surface area contributed by atoms with E-state index in [1.165, 1.54) is 16.7 Å². The van der Waals surface area contributed by atoms with Crippen LogP contribution in [0.1, 0.15) is 42.5 Å². The lowest BCUT2D eigenvalue weighted by molar-refractivity contribution is -0.127. The molecule has 5 nitrogen and oxygen atoms in total. The Morgan fingerprint density at radius 2 is 1.64 bits per heavy atom. The molecular weight excluding hydrogens is 348 g/mol. The van der Waals surface area contributed by atoms with Gasteiger partial charge >= 0.3 is 0 Å². The number of nitrogens with one attached hydrogen (secondary N) is 2. The highest BCUT2D eigenvalue weighted by Crippen LogP contribution is 2.15. The first-order chi connectivity index (χ1) is 13.4. The van der Waals surface area contributed by atoms with Crippen LogP contribution in [0.25, 0.3) is 0 Å². The number of aliphatic imine (C=N–C) groups is 1. The molecule has 2 aromatic carbocycles. The van der Waals surface area contributed by atoms with Crippen LogP contribution in [0.3, 0.4) is 0 Å². The molecule has 28 heavy (non-hydrogen) atoms. The second kappa shape index (κ2) is 10.5. The Labute approximate surface area is 168 Å². The SMILES string of the molecule is Cc1ccc(C(C)CNC(=NCC(=O)N(C)C)NC(C)c2ccccc2)cc1. The van der Waals surface area contributed by atoms with Gasteiger partial charge in [0.25, 0.3) is 0 Å². The minimum Gasteiger partial charge on any atom is -0.356 e.